The van der Waals surface area contributed by atoms with Crippen LogP contribution in [0.5, 0.6) is 0 Å². The lowest BCUT2D eigenvalue weighted by molar-refractivity contribution is -0.120. The summed E-state index contributed by atoms with van der Waals surface area (Å²) in [5, 5.41) is 3.61. The van der Waals surface area contributed by atoms with E-state index in [0.717, 1.165) is 0 Å². The molecule has 0 radical (unpaired) electrons. The maximum atomic E-state index is 13.0. The van der Waals surface area contributed by atoms with Crippen LogP contribution < -0.4 is 5.32 Å². The third kappa shape index (κ3) is 6.61. The van der Waals surface area contributed by atoms with Crippen LogP contribution in [0.25, 0.3) is 0 Å². The Bertz CT molecular complexity index is 1160. The van der Waals surface area contributed by atoms with E-state index in [2.05, 4.69) is 5.32 Å². The maximum absolute atomic E-state index is 13.0. The van der Waals surface area contributed by atoms with Gasteiger partial charge >= 0.3 is 5.97 Å². The lowest BCUT2D eigenvalue weighted by Gasteiger charge is -2.31. The van der Waals surface area contributed by atoms with Crippen molar-refractivity contribution in [3.8, 4) is 0 Å². The highest BCUT2D eigenvalue weighted by Gasteiger charge is 2.33. The Kier molecular flexibility index (Phi) is 8.64. The molecule has 1 saturated heterocycles. The zero-order chi connectivity index (χ0) is 24.2. The summed E-state index contributed by atoms with van der Waals surface area (Å²) in [5.41, 5.74) is 1.06. The van der Waals surface area contributed by atoms with Gasteiger partial charge in [0.15, 0.2) is 0 Å². The van der Waals surface area contributed by atoms with Crippen molar-refractivity contribution in [2.75, 3.05) is 25.0 Å². The van der Waals surface area contributed by atoms with E-state index in [0.29, 0.717) is 35.7 Å². The van der Waals surface area contributed by atoms with E-state index in [9.17, 15) is 18.0 Å². The van der Waals surface area contributed by atoms with Crippen molar-refractivity contribution in [2.45, 2.75) is 25.5 Å². The molecule has 33 heavy (non-hydrogen) atoms. The summed E-state index contributed by atoms with van der Waals surface area (Å²) in [5.74, 6) is -1.67. The summed E-state index contributed by atoms with van der Waals surface area (Å²) in [6, 6.07) is 9.16. The summed E-state index contributed by atoms with van der Waals surface area (Å²) < 4.78 is 32.2. The van der Waals surface area contributed by atoms with E-state index in [-0.39, 0.29) is 40.4 Å². The van der Waals surface area contributed by atoms with E-state index in [1.54, 1.807) is 25.1 Å². The molecule has 2 aromatic carbocycles. The Balaban J connectivity index is 1.66. The van der Waals surface area contributed by atoms with Gasteiger partial charge in [-0.05, 0) is 55.7 Å². The van der Waals surface area contributed by atoms with Gasteiger partial charge in [0.05, 0.1) is 28.9 Å². The standard InChI is InChI=1S/C22H23Cl3N2O5S/c1-2-32-22(29)18-8-7-17(11-20(18)25)26-21(28)14-4-3-9-27(12-14)33(30,31)13-15-5-6-16(23)10-19(15)24/h5-8,10-11,14H,2-4,9,12-13H2,1H3,(H,26,28)/t14-/m0/s1. The summed E-state index contributed by atoms with van der Waals surface area (Å²) in [7, 11) is -3.69. The van der Waals surface area contributed by atoms with E-state index in [1.165, 1.54) is 22.5 Å². The van der Waals surface area contributed by atoms with Gasteiger partial charge in [0, 0.05) is 28.8 Å². The number of sulfonamides is 1. The third-order valence-electron chi connectivity index (χ3n) is 5.23. The van der Waals surface area contributed by atoms with Crippen molar-refractivity contribution in [1.29, 1.82) is 0 Å². The number of nitrogens with one attached hydrogen (secondary N) is 1. The predicted molar refractivity (Wildman–Crippen MR) is 129 cm³/mol. The lowest BCUT2D eigenvalue weighted by Crippen LogP contribution is -2.44. The highest BCUT2D eigenvalue weighted by atomic mass is 35.5. The number of piperidine rings is 1. The second-order valence-corrected chi connectivity index (χ2v) is 10.8. The number of rotatable bonds is 7. The van der Waals surface area contributed by atoms with E-state index in [4.69, 9.17) is 39.5 Å². The van der Waals surface area contributed by atoms with Crippen LogP contribution >= 0.6 is 34.8 Å². The minimum atomic E-state index is -3.69. The van der Waals surface area contributed by atoms with Crippen molar-refractivity contribution < 1.29 is 22.7 Å². The molecule has 11 heteroatoms. The minimum absolute atomic E-state index is 0.0635. The maximum Gasteiger partial charge on any atom is 0.339 e. The number of amides is 1. The van der Waals surface area contributed by atoms with Crippen LogP contribution in [0.4, 0.5) is 5.69 Å². The molecule has 1 aliphatic heterocycles. The van der Waals surface area contributed by atoms with Crippen molar-refractivity contribution >= 4 is 62.4 Å². The van der Waals surface area contributed by atoms with Crippen LogP contribution in [-0.2, 0) is 25.3 Å². The smallest absolute Gasteiger partial charge is 0.339 e. The quantitative estimate of drug-likeness (QED) is 0.505. The molecule has 3 rings (SSSR count). The molecule has 0 aromatic heterocycles. The van der Waals surface area contributed by atoms with Crippen LogP contribution in [0.3, 0.4) is 0 Å². The van der Waals surface area contributed by atoms with Gasteiger partial charge in [-0.15, -0.1) is 0 Å². The first-order valence-corrected chi connectivity index (χ1v) is 13.0. The number of carbonyl (C=O) groups is 2. The number of ether oxygens (including phenoxy) is 1. The van der Waals surface area contributed by atoms with Gasteiger partial charge in [-0.3, -0.25) is 4.79 Å². The van der Waals surface area contributed by atoms with E-state index >= 15 is 0 Å². The SMILES string of the molecule is CCOC(=O)c1ccc(NC(=O)[C@H]2CCCN(S(=O)(=O)Cc3ccc(Cl)cc3Cl)C2)cc1Cl. The highest BCUT2D eigenvalue weighted by molar-refractivity contribution is 7.88. The van der Waals surface area contributed by atoms with Crippen LogP contribution in [0, 0.1) is 5.92 Å². The number of benzene rings is 2. The molecule has 7 nitrogen and oxygen atoms in total. The molecule has 1 atom stereocenters. The molecule has 0 unspecified atom stereocenters. The first-order valence-electron chi connectivity index (χ1n) is 10.3. The Morgan fingerprint density at radius 1 is 1.12 bits per heavy atom. The van der Waals surface area contributed by atoms with Crippen LogP contribution in [0.1, 0.15) is 35.7 Å². The molecule has 0 spiro atoms. The molecular formula is C22H23Cl3N2O5S. The molecule has 1 amide bonds. The Morgan fingerprint density at radius 2 is 1.88 bits per heavy atom. The van der Waals surface area contributed by atoms with Crippen molar-refractivity contribution in [1.82, 2.24) is 4.31 Å². The van der Waals surface area contributed by atoms with Crippen LogP contribution in [0.2, 0.25) is 15.1 Å². The number of halogens is 3. The summed E-state index contributed by atoms with van der Waals surface area (Å²) in [6.07, 6.45) is 1.10. The third-order valence-corrected chi connectivity index (χ3v) is 7.93. The molecular weight excluding hydrogens is 511 g/mol. The Labute approximate surface area is 208 Å². The second kappa shape index (κ2) is 11.1. The van der Waals surface area contributed by atoms with Crippen LogP contribution in [0.15, 0.2) is 36.4 Å². The predicted octanol–water partition coefficient (Wildman–Crippen LogP) is 5.00. The molecule has 1 heterocycles. The van der Waals surface area contributed by atoms with Crippen LogP contribution in [-0.4, -0.2) is 44.3 Å². The number of hydrogen-bond donors (Lipinski definition) is 1. The lowest BCUT2D eigenvalue weighted by atomic mass is 9.98. The first kappa shape index (κ1) is 25.8. The number of hydrogen-bond acceptors (Lipinski definition) is 5. The monoisotopic (exact) mass is 532 g/mol. The van der Waals surface area contributed by atoms with Gasteiger partial charge in [0.2, 0.25) is 15.9 Å². The van der Waals surface area contributed by atoms with Gasteiger partial charge in [-0.1, -0.05) is 40.9 Å². The number of anilines is 1. The van der Waals surface area contributed by atoms with Crippen molar-refractivity contribution in [3.63, 3.8) is 0 Å². The molecule has 0 saturated carbocycles. The van der Waals surface area contributed by atoms with Gasteiger partial charge in [0.1, 0.15) is 0 Å². The van der Waals surface area contributed by atoms with Crippen molar-refractivity contribution in [2.24, 2.45) is 5.92 Å². The highest BCUT2D eigenvalue weighted by Crippen LogP contribution is 2.27. The molecule has 2 aromatic rings. The number of esters is 1. The number of carbonyl (C=O) groups excluding carboxylic acids is 2. The van der Waals surface area contributed by atoms with Gasteiger partial charge in [-0.2, -0.15) is 0 Å². The fraction of sp³-hybridized carbons (Fsp3) is 0.364. The van der Waals surface area contributed by atoms with Crippen molar-refractivity contribution in [3.05, 3.63) is 62.6 Å². The fourth-order valence-electron chi connectivity index (χ4n) is 3.55. The Morgan fingerprint density at radius 3 is 2.55 bits per heavy atom. The summed E-state index contributed by atoms with van der Waals surface area (Å²) in [4.78, 5) is 24.7. The molecule has 178 valence electrons. The zero-order valence-electron chi connectivity index (χ0n) is 17.8. The average molecular weight is 534 g/mol. The average Bonchev–Trinajstić information content (AvgIpc) is 2.76. The molecule has 0 aliphatic carbocycles. The first-order chi connectivity index (χ1) is 15.6. The normalized spacial score (nSPS) is 16.9. The fourth-order valence-corrected chi connectivity index (χ4v) is 6.00. The largest absolute Gasteiger partial charge is 0.462 e. The molecule has 1 aliphatic rings. The topological polar surface area (TPSA) is 92.8 Å². The minimum Gasteiger partial charge on any atom is -0.462 e. The van der Waals surface area contributed by atoms with E-state index < -0.39 is 21.9 Å². The molecule has 1 N–H and O–H groups in total. The number of nitrogens with zero attached hydrogens (tertiary/aromatic N) is 1. The second-order valence-electron chi connectivity index (χ2n) is 7.59. The van der Waals surface area contributed by atoms with Gasteiger partial charge in [0.25, 0.3) is 0 Å². The van der Waals surface area contributed by atoms with Gasteiger partial charge < -0.3 is 10.1 Å². The summed E-state index contributed by atoms with van der Waals surface area (Å²) >= 11 is 18.2. The summed E-state index contributed by atoms with van der Waals surface area (Å²) in [6.45, 7) is 2.31. The van der Waals surface area contributed by atoms with Gasteiger partial charge in [-0.25, -0.2) is 17.5 Å². The zero-order valence-corrected chi connectivity index (χ0v) is 20.9. The Hall–Kier alpha value is -1.84. The molecule has 0 bridgehead atoms. The molecule has 1 fully saturated rings. The van der Waals surface area contributed by atoms with E-state index in [1.807, 2.05) is 0 Å².